The Labute approximate surface area is 74.7 Å². The van der Waals surface area contributed by atoms with E-state index in [0.29, 0.717) is 5.02 Å². The molecule has 0 aliphatic heterocycles. The number of halogens is 1. The van der Waals surface area contributed by atoms with Gasteiger partial charge in [-0.15, -0.1) is 0 Å². The first-order chi connectivity index (χ1) is 5.81. The largest absolute Gasteiger partial charge is 0.497 e. The summed E-state index contributed by atoms with van der Waals surface area (Å²) in [6.45, 7) is 0. The molecule has 0 bridgehead atoms. The Bertz CT molecular complexity index is 406. The van der Waals surface area contributed by atoms with Crippen molar-refractivity contribution in [1.82, 2.24) is 0 Å². The molecular formula is C9H7ClO2. The molecular weight excluding hydrogens is 176 g/mol. The molecule has 0 radical (unpaired) electrons. The molecule has 1 aromatic carbocycles. The maximum atomic E-state index is 5.85. The van der Waals surface area contributed by atoms with E-state index < -0.39 is 0 Å². The van der Waals surface area contributed by atoms with Crippen molar-refractivity contribution in [1.29, 1.82) is 0 Å². The molecule has 0 amide bonds. The maximum Gasteiger partial charge on any atom is 0.135 e. The van der Waals surface area contributed by atoms with Crippen molar-refractivity contribution in [2.75, 3.05) is 7.11 Å². The maximum absolute atomic E-state index is 5.85. The van der Waals surface area contributed by atoms with Gasteiger partial charge in [-0.1, -0.05) is 11.6 Å². The fourth-order valence-corrected chi connectivity index (χ4v) is 1.30. The quantitative estimate of drug-likeness (QED) is 0.676. The Morgan fingerprint density at radius 3 is 3.00 bits per heavy atom. The predicted octanol–water partition coefficient (Wildman–Crippen LogP) is 3.09. The third kappa shape index (κ3) is 1.04. The van der Waals surface area contributed by atoms with Crippen LogP contribution in [0, 0.1) is 0 Å². The number of hydrogen-bond donors (Lipinski definition) is 0. The number of furan rings is 1. The van der Waals surface area contributed by atoms with Gasteiger partial charge in [0.2, 0.25) is 0 Å². The molecule has 0 saturated carbocycles. The second-order valence-electron chi connectivity index (χ2n) is 2.45. The van der Waals surface area contributed by atoms with E-state index in [4.69, 9.17) is 20.8 Å². The van der Waals surface area contributed by atoms with Gasteiger partial charge in [0.1, 0.15) is 17.6 Å². The van der Waals surface area contributed by atoms with Crippen molar-refractivity contribution in [2.45, 2.75) is 0 Å². The number of benzene rings is 1. The minimum absolute atomic E-state index is 0.615. The van der Waals surface area contributed by atoms with Gasteiger partial charge in [-0.25, -0.2) is 0 Å². The Morgan fingerprint density at radius 1 is 1.42 bits per heavy atom. The summed E-state index contributed by atoms with van der Waals surface area (Å²) in [7, 11) is 1.62. The van der Waals surface area contributed by atoms with Crippen LogP contribution in [0.4, 0.5) is 0 Å². The van der Waals surface area contributed by atoms with Crippen LogP contribution in [-0.2, 0) is 0 Å². The highest BCUT2D eigenvalue weighted by Gasteiger charge is 2.03. The molecule has 0 N–H and O–H groups in total. The SMILES string of the molecule is COc1ccc2occ(Cl)c2c1. The van der Waals surface area contributed by atoms with Crippen LogP contribution in [0.25, 0.3) is 11.0 Å². The normalized spacial score (nSPS) is 10.5. The molecule has 1 aromatic heterocycles. The van der Waals surface area contributed by atoms with Crippen LogP contribution in [0.5, 0.6) is 5.75 Å². The fourth-order valence-electron chi connectivity index (χ4n) is 1.10. The summed E-state index contributed by atoms with van der Waals surface area (Å²) in [6.07, 6.45) is 1.52. The summed E-state index contributed by atoms with van der Waals surface area (Å²) in [5.41, 5.74) is 0.779. The topological polar surface area (TPSA) is 22.4 Å². The number of hydrogen-bond acceptors (Lipinski definition) is 2. The summed E-state index contributed by atoms with van der Waals surface area (Å²) in [4.78, 5) is 0. The van der Waals surface area contributed by atoms with Gasteiger partial charge in [0.15, 0.2) is 0 Å². The summed E-state index contributed by atoms with van der Waals surface area (Å²) in [6, 6.07) is 5.52. The molecule has 3 heteroatoms. The number of rotatable bonds is 1. The van der Waals surface area contributed by atoms with E-state index in [9.17, 15) is 0 Å². The molecule has 2 aromatic rings. The lowest BCUT2D eigenvalue weighted by molar-refractivity contribution is 0.415. The van der Waals surface area contributed by atoms with E-state index in [-0.39, 0.29) is 0 Å². The van der Waals surface area contributed by atoms with Gasteiger partial charge in [0, 0.05) is 5.39 Å². The number of methoxy groups -OCH3 is 1. The highest BCUT2D eigenvalue weighted by atomic mass is 35.5. The van der Waals surface area contributed by atoms with Crippen molar-refractivity contribution in [3.63, 3.8) is 0 Å². The summed E-state index contributed by atoms with van der Waals surface area (Å²) in [5, 5.41) is 1.50. The van der Waals surface area contributed by atoms with Gasteiger partial charge in [-0.3, -0.25) is 0 Å². The third-order valence-electron chi connectivity index (χ3n) is 1.73. The van der Waals surface area contributed by atoms with E-state index in [2.05, 4.69) is 0 Å². The molecule has 0 unspecified atom stereocenters. The lowest BCUT2D eigenvalue weighted by atomic mass is 10.2. The van der Waals surface area contributed by atoms with Gasteiger partial charge in [-0.05, 0) is 18.2 Å². The number of fused-ring (bicyclic) bond motifs is 1. The minimum atomic E-state index is 0.615. The molecule has 2 rings (SSSR count). The fraction of sp³-hybridized carbons (Fsp3) is 0.111. The lowest BCUT2D eigenvalue weighted by Gasteiger charge is -1.97. The van der Waals surface area contributed by atoms with Crippen molar-refractivity contribution >= 4 is 22.6 Å². The Morgan fingerprint density at radius 2 is 2.25 bits per heavy atom. The first-order valence-corrected chi connectivity index (χ1v) is 3.90. The molecule has 0 atom stereocenters. The van der Waals surface area contributed by atoms with Crippen LogP contribution in [0.2, 0.25) is 5.02 Å². The van der Waals surface area contributed by atoms with Gasteiger partial charge in [-0.2, -0.15) is 0 Å². The summed E-state index contributed by atoms with van der Waals surface area (Å²) >= 11 is 5.85. The Hall–Kier alpha value is -1.15. The van der Waals surface area contributed by atoms with Crippen molar-refractivity contribution in [3.05, 3.63) is 29.5 Å². The Balaban J connectivity index is 2.71. The molecule has 2 nitrogen and oxygen atoms in total. The van der Waals surface area contributed by atoms with Crippen molar-refractivity contribution in [3.8, 4) is 5.75 Å². The van der Waals surface area contributed by atoms with Crippen LogP contribution in [0.1, 0.15) is 0 Å². The monoisotopic (exact) mass is 182 g/mol. The van der Waals surface area contributed by atoms with Gasteiger partial charge in [0.05, 0.1) is 12.1 Å². The number of ether oxygens (including phenoxy) is 1. The van der Waals surface area contributed by atoms with E-state index >= 15 is 0 Å². The lowest BCUT2D eigenvalue weighted by Crippen LogP contribution is -1.80. The van der Waals surface area contributed by atoms with Crippen LogP contribution in [0.15, 0.2) is 28.9 Å². The molecule has 0 saturated heterocycles. The summed E-state index contributed by atoms with van der Waals surface area (Å²) < 4.78 is 10.2. The second kappa shape index (κ2) is 2.72. The highest BCUT2D eigenvalue weighted by Crippen LogP contribution is 2.28. The smallest absolute Gasteiger partial charge is 0.135 e. The van der Waals surface area contributed by atoms with E-state index in [1.165, 1.54) is 6.26 Å². The van der Waals surface area contributed by atoms with E-state index in [0.717, 1.165) is 16.7 Å². The first-order valence-electron chi connectivity index (χ1n) is 3.52. The van der Waals surface area contributed by atoms with E-state index in [1.54, 1.807) is 7.11 Å². The van der Waals surface area contributed by atoms with Crippen LogP contribution < -0.4 is 4.74 Å². The van der Waals surface area contributed by atoms with E-state index in [1.807, 2.05) is 18.2 Å². The highest BCUT2D eigenvalue weighted by molar-refractivity contribution is 6.35. The van der Waals surface area contributed by atoms with Crippen LogP contribution in [0.3, 0.4) is 0 Å². The molecule has 0 spiro atoms. The summed E-state index contributed by atoms with van der Waals surface area (Å²) in [5.74, 6) is 0.783. The van der Waals surface area contributed by atoms with Gasteiger partial charge in [0.25, 0.3) is 0 Å². The van der Waals surface area contributed by atoms with Crippen LogP contribution >= 0.6 is 11.6 Å². The van der Waals surface area contributed by atoms with Gasteiger partial charge >= 0.3 is 0 Å². The molecule has 1 heterocycles. The second-order valence-corrected chi connectivity index (χ2v) is 2.85. The molecule has 0 aliphatic rings. The van der Waals surface area contributed by atoms with Crippen LogP contribution in [-0.4, -0.2) is 7.11 Å². The van der Waals surface area contributed by atoms with Crippen molar-refractivity contribution in [2.24, 2.45) is 0 Å². The average Bonchev–Trinajstić information content (AvgIpc) is 2.47. The predicted molar refractivity (Wildman–Crippen MR) is 47.8 cm³/mol. The first kappa shape index (κ1) is 7.50. The molecule has 0 fully saturated rings. The minimum Gasteiger partial charge on any atom is -0.497 e. The van der Waals surface area contributed by atoms with Gasteiger partial charge < -0.3 is 9.15 Å². The molecule has 0 aliphatic carbocycles. The Kier molecular flexibility index (Phi) is 1.70. The molecule has 62 valence electrons. The molecule has 12 heavy (non-hydrogen) atoms. The zero-order chi connectivity index (χ0) is 8.55. The standard InChI is InChI=1S/C9H7ClO2/c1-11-6-2-3-9-7(4-6)8(10)5-12-9/h2-5H,1H3. The van der Waals surface area contributed by atoms with Crippen molar-refractivity contribution < 1.29 is 9.15 Å². The zero-order valence-corrected chi connectivity index (χ0v) is 7.26. The zero-order valence-electron chi connectivity index (χ0n) is 6.50. The average molecular weight is 183 g/mol. The third-order valence-corrected chi connectivity index (χ3v) is 2.03.